The van der Waals surface area contributed by atoms with Gasteiger partial charge in [-0.3, -0.25) is 14.9 Å². The average molecular weight is 430 g/mol. The van der Waals surface area contributed by atoms with Gasteiger partial charge in [0.25, 0.3) is 0 Å². The molecule has 1 heterocycles. The number of carboxylic acid groups (broad SMARTS) is 2. The molecule has 3 atom stereocenters. The molecule has 2 rings (SSSR count). The van der Waals surface area contributed by atoms with Crippen LogP contribution in [0.3, 0.4) is 0 Å². The van der Waals surface area contributed by atoms with Gasteiger partial charge in [0.15, 0.2) is 0 Å². The predicted octanol–water partition coefficient (Wildman–Crippen LogP) is 3.03. The number of hydrogen-bond donors (Lipinski definition) is 3. The quantitative estimate of drug-likeness (QED) is 0.493. The Morgan fingerprint density at radius 2 is 2.00 bits per heavy atom. The zero-order valence-corrected chi connectivity index (χ0v) is 17.3. The molecule has 0 aromatic carbocycles. The maximum Gasteiger partial charge on any atom is 0.321 e. The molecule has 1 aliphatic rings. The lowest BCUT2D eigenvalue weighted by molar-refractivity contribution is -0.142. The normalized spacial score (nSPS) is 19.1. The summed E-state index contributed by atoms with van der Waals surface area (Å²) in [6.07, 6.45) is 8.01. The van der Waals surface area contributed by atoms with Crippen LogP contribution in [0.1, 0.15) is 32.4 Å². The lowest BCUT2D eigenvalue weighted by Crippen LogP contribution is -2.49. The van der Waals surface area contributed by atoms with E-state index in [0.717, 1.165) is 5.57 Å². The van der Waals surface area contributed by atoms with Crippen LogP contribution in [0.15, 0.2) is 35.3 Å². The Balaban J connectivity index is 2.14. The van der Waals surface area contributed by atoms with Gasteiger partial charge in [0.1, 0.15) is 12.1 Å². The lowest BCUT2D eigenvalue weighted by Gasteiger charge is -2.22. The summed E-state index contributed by atoms with van der Waals surface area (Å²) in [6.45, 7) is 4.19. The van der Waals surface area contributed by atoms with Crippen LogP contribution in [0.4, 0.5) is 0 Å². The summed E-state index contributed by atoms with van der Waals surface area (Å²) in [5.74, 6) is -2.06. The fourth-order valence-electron chi connectivity index (χ4n) is 3.07. The molecule has 9 heteroatoms. The van der Waals surface area contributed by atoms with Crippen LogP contribution in [0.5, 0.6) is 0 Å². The molecule has 154 valence electrons. The molecule has 0 fully saturated rings. The van der Waals surface area contributed by atoms with Gasteiger partial charge in [-0.1, -0.05) is 37.6 Å². The number of nitrogens with zero attached hydrogens (tertiary/aromatic N) is 2. The summed E-state index contributed by atoms with van der Waals surface area (Å²) < 4.78 is 1.80. The van der Waals surface area contributed by atoms with Crippen molar-refractivity contribution in [2.45, 2.75) is 57.1 Å². The highest BCUT2D eigenvalue weighted by atomic mass is 35.5. The summed E-state index contributed by atoms with van der Waals surface area (Å²) in [6, 6.07) is -1.99. The fourth-order valence-corrected chi connectivity index (χ4v) is 3.52. The monoisotopic (exact) mass is 429 g/mol. The van der Waals surface area contributed by atoms with Gasteiger partial charge >= 0.3 is 11.9 Å². The van der Waals surface area contributed by atoms with Gasteiger partial charge < -0.3 is 14.8 Å². The molecule has 0 radical (unpaired) electrons. The second kappa shape index (κ2) is 10.1. The van der Waals surface area contributed by atoms with Gasteiger partial charge in [0.2, 0.25) is 0 Å². The van der Waals surface area contributed by atoms with Crippen molar-refractivity contribution >= 4 is 35.1 Å². The second-order valence-corrected chi connectivity index (χ2v) is 8.26. The molecule has 1 aromatic rings. The van der Waals surface area contributed by atoms with Crippen LogP contribution in [0.25, 0.3) is 0 Å². The van der Waals surface area contributed by atoms with E-state index >= 15 is 0 Å². The van der Waals surface area contributed by atoms with Gasteiger partial charge in [-0.2, -0.15) is 0 Å². The molecule has 28 heavy (non-hydrogen) atoms. The van der Waals surface area contributed by atoms with E-state index in [9.17, 15) is 19.8 Å². The first-order valence-electron chi connectivity index (χ1n) is 9.08. The maximum absolute atomic E-state index is 11.7. The third kappa shape index (κ3) is 6.36. The third-order valence-corrected chi connectivity index (χ3v) is 5.17. The number of hydrogen-bond acceptors (Lipinski definition) is 4. The maximum atomic E-state index is 11.7. The number of carboxylic acids is 2. The largest absolute Gasteiger partial charge is 0.480 e. The van der Waals surface area contributed by atoms with Crippen molar-refractivity contribution in [3.8, 4) is 0 Å². The number of alkyl halides is 1. The minimum Gasteiger partial charge on any atom is -0.480 e. The number of halogens is 2. The van der Waals surface area contributed by atoms with Crippen LogP contribution in [-0.4, -0.2) is 49.2 Å². The Labute approximate surface area is 174 Å². The first-order chi connectivity index (χ1) is 13.2. The summed E-state index contributed by atoms with van der Waals surface area (Å²) in [7, 11) is 0. The molecule has 0 amide bonds. The first kappa shape index (κ1) is 22.5. The minimum absolute atomic E-state index is 0.0934. The van der Waals surface area contributed by atoms with Crippen LogP contribution < -0.4 is 5.32 Å². The molecule has 1 aromatic heterocycles. The highest BCUT2D eigenvalue weighted by molar-refractivity contribution is 6.32. The van der Waals surface area contributed by atoms with Gasteiger partial charge in [-0.25, -0.2) is 4.98 Å². The highest BCUT2D eigenvalue weighted by Gasteiger charge is 2.28. The Morgan fingerprint density at radius 3 is 2.61 bits per heavy atom. The average Bonchev–Trinajstić information content (AvgIpc) is 3.03. The van der Waals surface area contributed by atoms with Gasteiger partial charge in [-0.15, -0.1) is 11.6 Å². The SMILES string of the molecule is CC(C)CC(N[C@@H](Cc1cncn1CC1=CC(Cl)CC=C1Cl)C(=O)O)C(=O)O. The van der Waals surface area contributed by atoms with Crippen molar-refractivity contribution in [1.82, 2.24) is 14.9 Å². The molecule has 0 spiro atoms. The van der Waals surface area contributed by atoms with E-state index in [1.54, 1.807) is 17.1 Å². The Hall–Kier alpha value is -1.83. The van der Waals surface area contributed by atoms with E-state index < -0.39 is 24.0 Å². The molecule has 1 aliphatic carbocycles. The third-order valence-electron chi connectivity index (χ3n) is 4.47. The smallest absolute Gasteiger partial charge is 0.321 e. The van der Waals surface area contributed by atoms with E-state index in [1.807, 2.05) is 26.0 Å². The summed E-state index contributed by atoms with van der Waals surface area (Å²) in [5.41, 5.74) is 1.51. The van der Waals surface area contributed by atoms with Gasteiger partial charge in [0.05, 0.1) is 11.7 Å². The number of nitrogens with one attached hydrogen (secondary N) is 1. The molecular weight excluding hydrogens is 405 g/mol. The highest BCUT2D eigenvalue weighted by Crippen LogP contribution is 2.26. The van der Waals surface area contributed by atoms with E-state index in [4.69, 9.17) is 23.2 Å². The first-order valence-corrected chi connectivity index (χ1v) is 9.90. The Bertz CT molecular complexity index is 773. The van der Waals surface area contributed by atoms with Crippen LogP contribution in [0, 0.1) is 5.92 Å². The molecule has 2 unspecified atom stereocenters. The van der Waals surface area contributed by atoms with Crippen molar-refractivity contribution in [2.24, 2.45) is 5.92 Å². The van der Waals surface area contributed by atoms with Gasteiger partial charge in [0, 0.05) is 29.9 Å². The van der Waals surface area contributed by atoms with Crippen molar-refractivity contribution in [1.29, 1.82) is 0 Å². The fraction of sp³-hybridized carbons (Fsp3) is 0.526. The second-order valence-electron chi connectivity index (χ2n) is 7.29. The van der Waals surface area contributed by atoms with Crippen LogP contribution >= 0.6 is 23.2 Å². The predicted molar refractivity (Wildman–Crippen MR) is 108 cm³/mol. The molecule has 0 saturated carbocycles. The number of imidazole rings is 1. The Morgan fingerprint density at radius 1 is 1.32 bits per heavy atom. The number of rotatable bonds is 10. The zero-order valence-electron chi connectivity index (χ0n) is 15.8. The number of aliphatic carboxylic acids is 2. The van der Waals surface area contributed by atoms with Crippen molar-refractivity contribution in [2.75, 3.05) is 0 Å². The number of aromatic nitrogens is 2. The van der Waals surface area contributed by atoms with Crippen molar-refractivity contribution in [3.05, 3.63) is 41.0 Å². The summed E-state index contributed by atoms with van der Waals surface area (Å²) in [4.78, 5) is 27.3. The Kier molecular flexibility index (Phi) is 8.10. The van der Waals surface area contributed by atoms with E-state index in [1.165, 1.54) is 0 Å². The standard InChI is InChI=1S/C19H25Cl2N3O4/c1-11(2)5-16(18(25)26)23-17(19(27)28)7-14-8-22-10-24(14)9-12-6-13(20)3-4-15(12)21/h4,6,8,10-11,13,16-17,23H,3,5,7,9H2,1-2H3,(H,25,26)(H,27,28)/t13?,16?,17-/m0/s1. The van der Waals surface area contributed by atoms with E-state index in [2.05, 4.69) is 10.3 Å². The molecule has 7 nitrogen and oxygen atoms in total. The van der Waals surface area contributed by atoms with E-state index in [-0.39, 0.29) is 17.7 Å². The van der Waals surface area contributed by atoms with Crippen LogP contribution in [-0.2, 0) is 22.6 Å². The zero-order chi connectivity index (χ0) is 20.8. The van der Waals surface area contributed by atoms with Crippen LogP contribution in [0.2, 0.25) is 0 Å². The summed E-state index contributed by atoms with van der Waals surface area (Å²) in [5, 5.41) is 22.2. The lowest BCUT2D eigenvalue weighted by atomic mass is 10.0. The topological polar surface area (TPSA) is 104 Å². The van der Waals surface area contributed by atoms with E-state index in [0.29, 0.717) is 30.1 Å². The van der Waals surface area contributed by atoms with Gasteiger partial charge in [-0.05, 0) is 24.3 Å². The van der Waals surface area contributed by atoms with Crippen molar-refractivity contribution < 1.29 is 19.8 Å². The molecule has 0 bridgehead atoms. The van der Waals surface area contributed by atoms with Crippen molar-refractivity contribution in [3.63, 3.8) is 0 Å². The number of carbonyl (C=O) groups is 2. The summed E-state index contributed by atoms with van der Waals surface area (Å²) >= 11 is 12.4. The molecule has 0 aliphatic heterocycles. The minimum atomic E-state index is -1.11. The molecular formula is C19H25Cl2N3O4. The number of allylic oxidation sites excluding steroid dienone is 4. The molecule has 3 N–H and O–H groups in total. The molecule has 0 saturated heterocycles.